The van der Waals surface area contributed by atoms with Crippen molar-refractivity contribution in [1.82, 2.24) is 9.88 Å². The van der Waals surface area contributed by atoms with Crippen LogP contribution in [0, 0.1) is 13.8 Å². The van der Waals surface area contributed by atoms with Crippen LogP contribution >= 0.6 is 11.3 Å². The van der Waals surface area contributed by atoms with E-state index in [0.29, 0.717) is 10.6 Å². The van der Waals surface area contributed by atoms with E-state index in [1.54, 1.807) is 0 Å². The maximum Gasteiger partial charge on any atom is 0.266 e. The van der Waals surface area contributed by atoms with Crippen molar-refractivity contribution in [2.45, 2.75) is 33.1 Å². The molecule has 0 bridgehead atoms. The maximum atomic E-state index is 12.8. The van der Waals surface area contributed by atoms with Crippen molar-refractivity contribution >= 4 is 44.1 Å². The lowest BCUT2D eigenvalue weighted by Crippen LogP contribution is -2.35. The van der Waals surface area contributed by atoms with Gasteiger partial charge in [-0.05, 0) is 50.8 Å². The van der Waals surface area contributed by atoms with Crippen molar-refractivity contribution in [3.8, 4) is 0 Å². The fraction of sp³-hybridized carbons (Fsp3) is 0.368. The van der Waals surface area contributed by atoms with Crippen molar-refractivity contribution in [1.29, 1.82) is 0 Å². The van der Waals surface area contributed by atoms with E-state index in [0.717, 1.165) is 52.6 Å². The fourth-order valence-corrected chi connectivity index (χ4v) is 4.62. The predicted octanol–water partition coefficient (Wildman–Crippen LogP) is 4.27. The van der Waals surface area contributed by atoms with Gasteiger partial charge in [-0.25, -0.2) is 4.98 Å². The van der Waals surface area contributed by atoms with Gasteiger partial charge < -0.3 is 10.6 Å². The molecule has 1 aliphatic rings. The van der Waals surface area contributed by atoms with Crippen LogP contribution < -0.4 is 5.73 Å². The van der Waals surface area contributed by atoms with Gasteiger partial charge in [0.1, 0.15) is 9.71 Å². The highest BCUT2D eigenvalue weighted by atomic mass is 32.1. The van der Waals surface area contributed by atoms with Crippen molar-refractivity contribution in [2.75, 3.05) is 18.8 Å². The average molecular weight is 339 g/mol. The Bertz CT molecular complexity index is 954. The monoisotopic (exact) mass is 339 g/mol. The minimum Gasteiger partial charge on any atom is -0.397 e. The van der Waals surface area contributed by atoms with E-state index in [-0.39, 0.29) is 5.91 Å². The number of nitrogens with two attached hydrogens (primary N) is 1. The SMILES string of the molecule is Cc1cc(C)c2nc3sc(C(=O)N4CCCCC4)c(N)c3cc2c1. The predicted molar refractivity (Wildman–Crippen MR) is 101 cm³/mol. The Kier molecular flexibility index (Phi) is 3.68. The highest BCUT2D eigenvalue weighted by molar-refractivity contribution is 7.21. The van der Waals surface area contributed by atoms with Gasteiger partial charge in [-0.1, -0.05) is 11.6 Å². The molecule has 0 atom stereocenters. The molecule has 1 amide bonds. The molecule has 2 N–H and O–H groups in total. The van der Waals surface area contributed by atoms with Crippen molar-refractivity contribution in [3.05, 3.63) is 34.2 Å². The Morgan fingerprint density at radius 3 is 2.67 bits per heavy atom. The number of rotatable bonds is 1. The summed E-state index contributed by atoms with van der Waals surface area (Å²) in [7, 11) is 0. The summed E-state index contributed by atoms with van der Waals surface area (Å²) in [5.41, 5.74) is 10.3. The summed E-state index contributed by atoms with van der Waals surface area (Å²) in [5.74, 6) is 0.0622. The highest BCUT2D eigenvalue weighted by Crippen LogP contribution is 2.36. The number of aryl methyl sites for hydroxylation is 2. The number of anilines is 1. The van der Waals surface area contributed by atoms with Crippen LogP contribution in [0.4, 0.5) is 5.69 Å². The normalized spacial score (nSPS) is 15.3. The second-order valence-electron chi connectivity index (χ2n) is 6.69. The van der Waals surface area contributed by atoms with Crippen LogP contribution in [0.15, 0.2) is 18.2 Å². The van der Waals surface area contributed by atoms with E-state index in [9.17, 15) is 4.79 Å². The van der Waals surface area contributed by atoms with Gasteiger partial charge in [0.25, 0.3) is 5.91 Å². The number of carbonyl (C=O) groups is 1. The van der Waals surface area contributed by atoms with E-state index >= 15 is 0 Å². The number of piperidine rings is 1. The van der Waals surface area contributed by atoms with Gasteiger partial charge in [-0.2, -0.15) is 0 Å². The van der Waals surface area contributed by atoms with Crippen LogP contribution in [0.2, 0.25) is 0 Å². The molecule has 0 aliphatic carbocycles. The van der Waals surface area contributed by atoms with Crippen LogP contribution in [0.25, 0.3) is 21.1 Å². The Balaban J connectivity index is 1.86. The Morgan fingerprint density at radius 2 is 1.92 bits per heavy atom. The van der Waals surface area contributed by atoms with Gasteiger partial charge in [0.05, 0.1) is 11.2 Å². The van der Waals surface area contributed by atoms with E-state index in [2.05, 4.69) is 32.0 Å². The van der Waals surface area contributed by atoms with E-state index in [4.69, 9.17) is 10.7 Å². The number of amides is 1. The van der Waals surface area contributed by atoms with Gasteiger partial charge in [-0.15, -0.1) is 11.3 Å². The van der Waals surface area contributed by atoms with E-state index < -0.39 is 0 Å². The number of thiophene rings is 1. The largest absolute Gasteiger partial charge is 0.397 e. The van der Waals surface area contributed by atoms with Crippen LogP contribution in [0.3, 0.4) is 0 Å². The summed E-state index contributed by atoms with van der Waals surface area (Å²) in [5, 5.41) is 1.99. The molecule has 0 radical (unpaired) electrons. The lowest BCUT2D eigenvalue weighted by atomic mass is 10.1. The number of fused-ring (bicyclic) bond motifs is 2. The minimum atomic E-state index is 0.0622. The van der Waals surface area contributed by atoms with E-state index in [1.165, 1.54) is 23.3 Å². The molecule has 1 saturated heterocycles. The zero-order chi connectivity index (χ0) is 16.8. The summed E-state index contributed by atoms with van der Waals surface area (Å²) in [6, 6.07) is 6.34. The molecule has 1 aromatic carbocycles. The summed E-state index contributed by atoms with van der Waals surface area (Å²) in [6.45, 7) is 5.82. The smallest absolute Gasteiger partial charge is 0.266 e. The molecule has 0 saturated carbocycles. The van der Waals surface area contributed by atoms with Crippen molar-refractivity contribution in [3.63, 3.8) is 0 Å². The number of nitrogens with zero attached hydrogens (tertiary/aromatic N) is 2. The first kappa shape index (κ1) is 15.4. The molecular formula is C19H21N3OS. The van der Waals surface area contributed by atoms with Crippen LogP contribution in [0.1, 0.15) is 40.1 Å². The van der Waals surface area contributed by atoms with Crippen molar-refractivity contribution < 1.29 is 4.79 Å². The second kappa shape index (κ2) is 5.74. The first-order chi connectivity index (χ1) is 11.5. The summed E-state index contributed by atoms with van der Waals surface area (Å²) >= 11 is 1.43. The standard InChI is InChI=1S/C19H21N3OS/c1-11-8-12(2)16-13(9-11)10-14-15(20)17(24-18(14)21-16)19(23)22-6-4-3-5-7-22/h8-10H,3-7,20H2,1-2H3. The topological polar surface area (TPSA) is 59.2 Å². The molecule has 0 unspecified atom stereocenters. The summed E-state index contributed by atoms with van der Waals surface area (Å²) < 4.78 is 0. The summed E-state index contributed by atoms with van der Waals surface area (Å²) in [6.07, 6.45) is 3.37. The molecule has 1 fully saturated rings. The lowest BCUT2D eigenvalue weighted by Gasteiger charge is -2.26. The van der Waals surface area contributed by atoms with Crippen LogP contribution in [-0.4, -0.2) is 28.9 Å². The maximum absolute atomic E-state index is 12.8. The van der Waals surface area contributed by atoms with Gasteiger partial charge in [0.2, 0.25) is 0 Å². The first-order valence-corrected chi connectivity index (χ1v) is 9.25. The average Bonchev–Trinajstić information content (AvgIpc) is 2.90. The molecule has 4 nitrogen and oxygen atoms in total. The number of pyridine rings is 1. The summed E-state index contributed by atoms with van der Waals surface area (Å²) in [4.78, 5) is 21.1. The third kappa shape index (κ3) is 2.44. The van der Waals surface area contributed by atoms with Gasteiger partial charge in [-0.3, -0.25) is 4.79 Å². The Hall–Kier alpha value is -2.14. The Labute approximate surface area is 145 Å². The Morgan fingerprint density at radius 1 is 1.17 bits per heavy atom. The highest BCUT2D eigenvalue weighted by Gasteiger charge is 2.24. The van der Waals surface area contributed by atoms with E-state index in [1.807, 2.05) is 4.90 Å². The minimum absolute atomic E-state index is 0.0622. The molecule has 4 rings (SSSR count). The quantitative estimate of drug-likeness (QED) is 0.720. The molecule has 0 spiro atoms. The molecule has 3 aromatic rings. The van der Waals surface area contributed by atoms with Gasteiger partial charge in [0.15, 0.2) is 0 Å². The van der Waals surface area contributed by atoms with Crippen molar-refractivity contribution in [2.24, 2.45) is 0 Å². The number of carbonyl (C=O) groups excluding carboxylic acids is 1. The molecular weight excluding hydrogens is 318 g/mol. The lowest BCUT2D eigenvalue weighted by molar-refractivity contribution is 0.0730. The number of benzene rings is 1. The number of hydrogen-bond donors (Lipinski definition) is 1. The molecule has 1 aliphatic heterocycles. The molecule has 124 valence electrons. The number of nitrogen functional groups attached to an aromatic ring is 1. The first-order valence-electron chi connectivity index (χ1n) is 8.44. The zero-order valence-corrected chi connectivity index (χ0v) is 14.9. The molecule has 2 aromatic heterocycles. The van der Waals surface area contributed by atoms with Crippen LogP contribution in [0.5, 0.6) is 0 Å². The second-order valence-corrected chi connectivity index (χ2v) is 7.69. The number of aromatic nitrogens is 1. The number of hydrogen-bond acceptors (Lipinski definition) is 4. The molecule has 3 heterocycles. The fourth-order valence-electron chi connectivity index (χ4n) is 3.58. The van der Waals surface area contributed by atoms with Gasteiger partial charge >= 0.3 is 0 Å². The zero-order valence-electron chi connectivity index (χ0n) is 14.1. The third-order valence-corrected chi connectivity index (χ3v) is 5.89. The van der Waals surface area contributed by atoms with Gasteiger partial charge in [0, 0.05) is 23.9 Å². The third-order valence-electron chi connectivity index (χ3n) is 4.79. The van der Waals surface area contributed by atoms with Crippen LogP contribution in [-0.2, 0) is 0 Å². The number of likely N-dealkylation sites (tertiary alicyclic amines) is 1. The molecule has 5 heteroatoms. The molecule has 24 heavy (non-hydrogen) atoms.